The van der Waals surface area contributed by atoms with Crippen molar-refractivity contribution in [2.24, 2.45) is 4.99 Å². The van der Waals surface area contributed by atoms with E-state index in [-0.39, 0.29) is 5.78 Å². The van der Waals surface area contributed by atoms with E-state index in [9.17, 15) is 4.79 Å². The normalized spacial score (nSPS) is 11.0. The van der Waals surface area contributed by atoms with Crippen molar-refractivity contribution >= 4 is 12.0 Å². The van der Waals surface area contributed by atoms with E-state index < -0.39 is 0 Å². The van der Waals surface area contributed by atoms with Crippen LogP contribution in [0.5, 0.6) is 0 Å². The molecule has 2 nitrogen and oxygen atoms in total. The standard InChI is InChI=1S/C8H11NO/c1-4-9-6-5-7(2)8(3)10/h4-6H,2H2,1,3H3/b6-5-,9-4-. The monoisotopic (exact) mass is 137 g/mol. The molecule has 0 radical (unpaired) electrons. The van der Waals surface area contributed by atoms with Gasteiger partial charge in [0.2, 0.25) is 0 Å². The van der Waals surface area contributed by atoms with Crippen molar-refractivity contribution in [1.82, 2.24) is 0 Å². The number of ketones is 1. The minimum absolute atomic E-state index is 0.0254. The van der Waals surface area contributed by atoms with Gasteiger partial charge in [0.15, 0.2) is 5.78 Å². The maximum Gasteiger partial charge on any atom is 0.159 e. The van der Waals surface area contributed by atoms with E-state index in [4.69, 9.17) is 0 Å². The molecule has 0 unspecified atom stereocenters. The molecule has 0 atom stereocenters. The highest BCUT2D eigenvalue weighted by molar-refractivity contribution is 5.95. The highest BCUT2D eigenvalue weighted by atomic mass is 16.1. The lowest BCUT2D eigenvalue weighted by Gasteiger charge is -1.86. The molecule has 0 heterocycles. The maximum atomic E-state index is 10.5. The Morgan fingerprint density at radius 1 is 1.60 bits per heavy atom. The molecule has 2 heteroatoms. The van der Waals surface area contributed by atoms with Gasteiger partial charge in [-0.1, -0.05) is 6.58 Å². The van der Waals surface area contributed by atoms with Crippen molar-refractivity contribution < 1.29 is 4.79 Å². The van der Waals surface area contributed by atoms with Crippen molar-refractivity contribution in [1.29, 1.82) is 0 Å². The van der Waals surface area contributed by atoms with Crippen molar-refractivity contribution in [3.05, 3.63) is 24.4 Å². The Labute approximate surface area is 61.0 Å². The number of nitrogens with zero attached hydrogens (tertiary/aromatic N) is 1. The van der Waals surface area contributed by atoms with Crippen molar-refractivity contribution in [2.45, 2.75) is 13.8 Å². The molecule has 0 aromatic heterocycles. The number of hydrogen-bond acceptors (Lipinski definition) is 2. The number of Topliss-reactive ketones (excluding diaryl/α,β-unsaturated/α-hetero) is 1. The molecule has 0 bridgehead atoms. The van der Waals surface area contributed by atoms with E-state index in [1.54, 1.807) is 25.4 Å². The minimum atomic E-state index is -0.0254. The zero-order chi connectivity index (χ0) is 7.98. The molecule has 0 spiro atoms. The summed E-state index contributed by atoms with van der Waals surface area (Å²) in [7, 11) is 0. The molecule has 0 rings (SSSR count). The molecular weight excluding hydrogens is 126 g/mol. The van der Waals surface area contributed by atoms with Crippen LogP contribution in [0.3, 0.4) is 0 Å². The first-order valence-corrected chi connectivity index (χ1v) is 3.02. The molecule has 0 aliphatic rings. The molecule has 0 saturated carbocycles. The van der Waals surface area contributed by atoms with Crippen LogP contribution >= 0.6 is 0 Å². The summed E-state index contributed by atoms with van der Waals surface area (Å²) >= 11 is 0. The summed E-state index contributed by atoms with van der Waals surface area (Å²) in [6.07, 6.45) is 4.77. The zero-order valence-electron chi connectivity index (χ0n) is 6.29. The van der Waals surface area contributed by atoms with Gasteiger partial charge in [0.1, 0.15) is 0 Å². The van der Waals surface area contributed by atoms with Crippen LogP contribution in [0.15, 0.2) is 29.4 Å². The average molecular weight is 137 g/mol. The van der Waals surface area contributed by atoms with Crippen LogP contribution in [0.2, 0.25) is 0 Å². The Bertz CT molecular complexity index is 189. The van der Waals surface area contributed by atoms with Crippen LogP contribution in [0.1, 0.15) is 13.8 Å². The first-order valence-electron chi connectivity index (χ1n) is 3.02. The maximum absolute atomic E-state index is 10.5. The predicted octanol–water partition coefficient (Wildman–Crippen LogP) is 1.74. The lowest BCUT2D eigenvalue weighted by Crippen LogP contribution is -1.89. The highest BCUT2D eigenvalue weighted by Gasteiger charge is 1.91. The third-order valence-electron chi connectivity index (χ3n) is 0.963. The Morgan fingerprint density at radius 3 is 2.60 bits per heavy atom. The molecule has 0 N–H and O–H groups in total. The summed E-state index contributed by atoms with van der Waals surface area (Å²) in [4.78, 5) is 14.3. The van der Waals surface area contributed by atoms with Gasteiger partial charge >= 0.3 is 0 Å². The predicted molar refractivity (Wildman–Crippen MR) is 43.1 cm³/mol. The van der Waals surface area contributed by atoms with Gasteiger partial charge in [0.25, 0.3) is 0 Å². The molecule has 10 heavy (non-hydrogen) atoms. The number of carbonyl (C=O) groups excluding carboxylic acids is 1. The molecule has 0 amide bonds. The summed E-state index contributed by atoms with van der Waals surface area (Å²) in [5, 5.41) is 0. The van der Waals surface area contributed by atoms with E-state index in [0.717, 1.165) is 0 Å². The Kier molecular flexibility index (Phi) is 4.12. The number of hydrogen-bond donors (Lipinski definition) is 0. The molecule has 0 aromatic rings. The van der Waals surface area contributed by atoms with Crippen LogP contribution in [0.25, 0.3) is 0 Å². The molecule has 0 aromatic carbocycles. The second-order valence-electron chi connectivity index (χ2n) is 1.80. The van der Waals surface area contributed by atoms with Gasteiger partial charge < -0.3 is 0 Å². The summed E-state index contributed by atoms with van der Waals surface area (Å²) in [6, 6.07) is 0. The van der Waals surface area contributed by atoms with Crippen molar-refractivity contribution in [3.63, 3.8) is 0 Å². The van der Waals surface area contributed by atoms with Crippen molar-refractivity contribution in [3.8, 4) is 0 Å². The summed E-state index contributed by atoms with van der Waals surface area (Å²) in [6.45, 7) is 6.80. The quantitative estimate of drug-likeness (QED) is 0.331. The number of aliphatic imine (C=N–C) groups is 1. The first kappa shape index (κ1) is 8.82. The summed E-state index contributed by atoms with van der Waals surface area (Å²) in [5.74, 6) is -0.0254. The second-order valence-corrected chi connectivity index (χ2v) is 1.80. The molecule has 0 aliphatic heterocycles. The van der Waals surface area contributed by atoms with E-state index >= 15 is 0 Å². The van der Waals surface area contributed by atoms with Gasteiger partial charge in [-0.2, -0.15) is 0 Å². The van der Waals surface area contributed by atoms with Crippen LogP contribution in [0, 0.1) is 0 Å². The molecule has 0 fully saturated rings. The SMILES string of the molecule is C=C(/C=C\N=C/C)C(C)=O. The second kappa shape index (κ2) is 4.68. The highest BCUT2D eigenvalue weighted by Crippen LogP contribution is 1.93. The zero-order valence-corrected chi connectivity index (χ0v) is 6.29. The van der Waals surface area contributed by atoms with Crippen LogP contribution in [-0.2, 0) is 4.79 Å². The van der Waals surface area contributed by atoms with E-state index in [1.807, 2.05) is 0 Å². The molecule has 0 saturated heterocycles. The van der Waals surface area contributed by atoms with E-state index in [0.29, 0.717) is 5.57 Å². The largest absolute Gasteiger partial charge is 0.295 e. The summed E-state index contributed by atoms with van der Waals surface area (Å²) < 4.78 is 0. The fourth-order valence-corrected chi connectivity index (χ4v) is 0.336. The molecular formula is C8H11NO. The van der Waals surface area contributed by atoms with Crippen molar-refractivity contribution in [2.75, 3.05) is 0 Å². The lowest BCUT2D eigenvalue weighted by molar-refractivity contribution is -0.113. The first-order chi connectivity index (χ1) is 4.68. The third kappa shape index (κ3) is 3.78. The lowest BCUT2D eigenvalue weighted by atomic mass is 10.2. The Balaban J connectivity index is 3.90. The van der Waals surface area contributed by atoms with Gasteiger partial charge in [0, 0.05) is 18.0 Å². The van der Waals surface area contributed by atoms with E-state index in [1.165, 1.54) is 6.92 Å². The Hall–Kier alpha value is -1.18. The van der Waals surface area contributed by atoms with Gasteiger partial charge in [0.05, 0.1) is 0 Å². The average Bonchev–Trinajstić information content (AvgIpc) is 1.88. The van der Waals surface area contributed by atoms with E-state index in [2.05, 4.69) is 11.6 Å². The Morgan fingerprint density at radius 2 is 2.20 bits per heavy atom. The van der Waals surface area contributed by atoms with Gasteiger partial charge in [-0.15, -0.1) is 0 Å². The smallest absolute Gasteiger partial charge is 0.159 e. The number of carbonyl (C=O) groups is 1. The van der Waals surface area contributed by atoms with Gasteiger partial charge in [-0.05, 0) is 19.9 Å². The topological polar surface area (TPSA) is 29.4 Å². The fraction of sp³-hybridized carbons (Fsp3) is 0.250. The van der Waals surface area contributed by atoms with Gasteiger partial charge in [-0.3, -0.25) is 9.79 Å². The molecule has 0 aliphatic carbocycles. The molecule has 54 valence electrons. The van der Waals surface area contributed by atoms with Crippen LogP contribution in [0.4, 0.5) is 0 Å². The summed E-state index contributed by atoms with van der Waals surface area (Å²) in [5.41, 5.74) is 0.477. The minimum Gasteiger partial charge on any atom is -0.295 e. The van der Waals surface area contributed by atoms with Gasteiger partial charge in [-0.25, -0.2) is 0 Å². The number of rotatable bonds is 3. The van der Waals surface area contributed by atoms with Crippen LogP contribution in [-0.4, -0.2) is 12.0 Å². The number of allylic oxidation sites excluding steroid dienone is 2. The van der Waals surface area contributed by atoms with Crippen LogP contribution < -0.4 is 0 Å². The fourth-order valence-electron chi connectivity index (χ4n) is 0.336. The third-order valence-corrected chi connectivity index (χ3v) is 0.963.